The first-order valence-corrected chi connectivity index (χ1v) is 4.11. The van der Waals surface area contributed by atoms with E-state index in [1.807, 2.05) is 18.5 Å². The van der Waals surface area contributed by atoms with Gasteiger partial charge in [0.15, 0.2) is 0 Å². The quantitative estimate of drug-likeness (QED) is 0.630. The van der Waals surface area contributed by atoms with Crippen LogP contribution in [0, 0.1) is 5.92 Å². The molecule has 0 radical (unpaired) electrons. The molecule has 0 aliphatic heterocycles. The fourth-order valence-corrected chi connectivity index (χ4v) is 1.03. The Morgan fingerprint density at radius 1 is 1.27 bits per heavy atom. The summed E-state index contributed by atoms with van der Waals surface area (Å²) in [4.78, 5) is 4.09. The Morgan fingerprint density at radius 2 is 2.00 bits per heavy atom. The third-order valence-corrected chi connectivity index (χ3v) is 2.21. The van der Waals surface area contributed by atoms with Crippen LogP contribution in [0.2, 0.25) is 0 Å². The van der Waals surface area contributed by atoms with Crippen LogP contribution in [0.5, 0.6) is 0 Å². The summed E-state index contributed by atoms with van der Waals surface area (Å²) >= 11 is 0. The van der Waals surface area contributed by atoms with Crippen LogP contribution in [-0.4, -0.2) is 4.98 Å². The molecule has 1 heterocycles. The van der Waals surface area contributed by atoms with Crippen molar-refractivity contribution in [1.82, 2.24) is 4.98 Å². The zero-order chi connectivity index (χ0) is 8.27. The number of pyridine rings is 1. The molecule has 1 aromatic heterocycles. The van der Waals surface area contributed by atoms with E-state index >= 15 is 0 Å². The molecule has 1 nitrogen and oxygen atoms in total. The highest BCUT2D eigenvalue weighted by Gasteiger charge is 2.08. The summed E-state index contributed by atoms with van der Waals surface area (Å²) in [6, 6.07) is 4.13. The zero-order valence-corrected chi connectivity index (χ0v) is 7.41. The van der Waals surface area contributed by atoms with Gasteiger partial charge in [0.25, 0.3) is 0 Å². The Kier molecular flexibility index (Phi) is 2.64. The van der Waals surface area contributed by atoms with Crippen molar-refractivity contribution in [2.24, 2.45) is 5.92 Å². The van der Waals surface area contributed by atoms with Crippen LogP contribution in [0.3, 0.4) is 0 Å². The van der Waals surface area contributed by atoms with Crippen molar-refractivity contribution in [2.75, 3.05) is 0 Å². The Hall–Kier alpha value is -0.850. The largest absolute Gasteiger partial charge is 0.264 e. The van der Waals surface area contributed by atoms with Crippen LogP contribution in [0.15, 0.2) is 24.5 Å². The molecule has 0 amide bonds. The Bertz CT molecular complexity index is 203. The number of hydrogen-bond acceptors (Lipinski definition) is 1. The SMILES string of the molecule is CC(C)[C@H](C)c1cccnc1. The summed E-state index contributed by atoms with van der Waals surface area (Å²) in [6.45, 7) is 6.71. The second-order valence-corrected chi connectivity index (χ2v) is 3.32. The van der Waals surface area contributed by atoms with Gasteiger partial charge in [-0.25, -0.2) is 0 Å². The summed E-state index contributed by atoms with van der Waals surface area (Å²) in [5, 5.41) is 0. The Morgan fingerprint density at radius 3 is 2.45 bits per heavy atom. The topological polar surface area (TPSA) is 12.9 Å². The molecule has 0 fully saturated rings. The monoisotopic (exact) mass is 149 g/mol. The molecule has 1 atom stereocenters. The van der Waals surface area contributed by atoms with Crippen LogP contribution in [0.4, 0.5) is 0 Å². The third-order valence-electron chi connectivity index (χ3n) is 2.21. The minimum absolute atomic E-state index is 0.615. The van der Waals surface area contributed by atoms with Crippen LogP contribution >= 0.6 is 0 Å². The predicted molar refractivity (Wildman–Crippen MR) is 47.5 cm³/mol. The lowest BCUT2D eigenvalue weighted by molar-refractivity contribution is 0.534. The first kappa shape index (κ1) is 8.25. The van der Waals surface area contributed by atoms with Crippen molar-refractivity contribution >= 4 is 0 Å². The second kappa shape index (κ2) is 3.51. The van der Waals surface area contributed by atoms with E-state index in [-0.39, 0.29) is 0 Å². The molecule has 0 saturated heterocycles. The fourth-order valence-electron chi connectivity index (χ4n) is 1.03. The number of hydrogen-bond donors (Lipinski definition) is 0. The maximum absolute atomic E-state index is 4.09. The average molecular weight is 149 g/mol. The molecule has 1 heteroatoms. The third kappa shape index (κ3) is 2.04. The molecule has 0 bridgehead atoms. The molecule has 11 heavy (non-hydrogen) atoms. The zero-order valence-electron chi connectivity index (χ0n) is 7.41. The molecule has 0 N–H and O–H groups in total. The molecule has 1 aromatic rings. The lowest BCUT2D eigenvalue weighted by Gasteiger charge is -2.14. The molecule has 60 valence electrons. The predicted octanol–water partition coefficient (Wildman–Crippen LogP) is 2.84. The lowest BCUT2D eigenvalue weighted by atomic mass is 9.92. The molecule has 0 saturated carbocycles. The van der Waals surface area contributed by atoms with E-state index in [2.05, 4.69) is 31.8 Å². The first-order valence-electron chi connectivity index (χ1n) is 4.11. The summed E-state index contributed by atoms with van der Waals surface area (Å²) in [5.41, 5.74) is 1.34. The Balaban J connectivity index is 2.77. The second-order valence-electron chi connectivity index (χ2n) is 3.32. The van der Waals surface area contributed by atoms with Gasteiger partial charge in [-0.1, -0.05) is 26.8 Å². The van der Waals surface area contributed by atoms with E-state index in [0.717, 1.165) is 0 Å². The normalized spacial score (nSPS) is 13.5. The molecule has 1 rings (SSSR count). The molecule has 0 aromatic carbocycles. The van der Waals surface area contributed by atoms with E-state index < -0.39 is 0 Å². The van der Waals surface area contributed by atoms with Gasteiger partial charge in [-0.15, -0.1) is 0 Å². The Labute approximate surface area is 68.5 Å². The summed E-state index contributed by atoms with van der Waals surface area (Å²) in [5.74, 6) is 1.31. The molecular weight excluding hydrogens is 134 g/mol. The standard InChI is InChI=1S/C10H15N/c1-8(2)9(3)10-5-4-6-11-7-10/h4-9H,1-3H3/t9-/m0/s1. The summed E-state index contributed by atoms with van der Waals surface area (Å²) < 4.78 is 0. The van der Waals surface area contributed by atoms with Gasteiger partial charge in [-0.3, -0.25) is 4.98 Å². The molecule has 0 spiro atoms. The molecule has 0 aliphatic rings. The molecular formula is C10H15N. The van der Waals surface area contributed by atoms with E-state index in [9.17, 15) is 0 Å². The fraction of sp³-hybridized carbons (Fsp3) is 0.500. The number of rotatable bonds is 2. The van der Waals surface area contributed by atoms with Gasteiger partial charge >= 0.3 is 0 Å². The van der Waals surface area contributed by atoms with E-state index in [0.29, 0.717) is 11.8 Å². The van der Waals surface area contributed by atoms with Gasteiger partial charge in [-0.2, -0.15) is 0 Å². The highest BCUT2D eigenvalue weighted by atomic mass is 14.6. The van der Waals surface area contributed by atoms with Crippen molar-refractivity contribution in [3.63, 3.8) is 0 Å². The highest BCUT2D eigenvalue weighted by molar-refractivity contribution is 5.13. The van der Waals surface area contributed by atoms with Crippen LogP contribution in [0.1, 0.15) is 32.3 Å². The number of aromatic nitrogens is 1. The van der Waals surface area contributed by atoms with Gasteiger partial charge in [0.1, 0.15) is 0 Å². The van der Waals surface area contributed by atoms with E-state index in [4.69, 9.17) is 0 Å². The molecule has 0 aliphatic carbocycles. The van der Waals surface area contributed by atoms with Gasteiger partial charge in [0, 0.05) is 12.4 Å². The van der Waals surface area contributed by atoms with Crippen molar-refractivity contribution < 1.29 is 0 Å². The van der Waals surface area contributed by atoms with Crippen molar-refractivity contribution in [3.05, 3.63) is 30.1 Å². The minimum atomic E-state index is 0.615. The minimum Gasteiger partial charge on any atom is -0.264 e. The van der Waals surface area contributed by atoms with E-state index in [1.54, 1.807) is 0 Å². The lowest BCUT2D eigenvalue weighted by Crippen LogP contribution is -2.01. The molecule has 0 unspecified atom stereocenters. The van der Waals surface area contributed by atoms with Gasteiger partial charge in [0.2, 0.25) is 0 Å². The maximum Gasteiger partial charge on any atom is 0.0302 e. The summed E-state index contributed by atoms with van der Waals surface area (Å²) in [7, 11) is 0. The smallest absolute Gasteiger partial charge is 0.0302 e. The highest BCUT2D eigenvalue weighted by Crippen LogP contribution is 2.21. The van der Waals surface area contributed by atoms with Crippen LogP contribution < -0.4 is 0 Å². The van der Waals surface area contributed by atoms with Gasteiger partial charge in [0.05, 0.1) is 0 Å². The maximum atomic E-state index is 4.09. The summed E-state index contributed by atoms with van der Waals surface area (Å²) in [6.07, 6.45) is 3.77. The first-order chi connectivity index (χ1) is 5.22. The van der Waals surface area contributed by atoms with Crippen LogP contribution in [-0.2, 0) is 0 Å². The number of nitrogens with zero attached hydrogens (tertiary/aromatic N) is 1. The van der Waals surface area contributed by atoms with Crippen molar-refractivity contribution in [3.8, 4) is 0 Å². The average Bonchev–Trinajstić information content (AvgIpc) is 2.05. The van der Waals surface area contributed by atoms with Gasteiger partial charge < -0.3 is 0 Å². The van der Waals surface area contributed by atoms with Crippen molar-refractivity contribution in [1.29, 1.82) is 0 Å². The van der Waals surface area contributed by atoms with Crippen molar-refractivity contribution in [2.45, 2.75) is 26.7 Å². The van der Waals surface area contributed by atoms with Crippen LogP contribution in [0.25, 0.3) is 0 Å². The van der Waals surface area contributed by atoms with E-state index in [1.165, 1.54) is 5.56 Å². The van der Waals surface area contributed by atoms with Gasteiger partial charge in [-0.05, 0) is 23.5 Å².